The SMILES string of the molecule is O=C(O)N1CC2C(O)C1CN2c1cc(C(F)(F)F)ccn1. The lowest BCUT2D eigenvalue weighted by Crippen LogP contribution is -2.48. The Morgan fingerprint density at radius 3 is 2.57 bits per heavy atom. The van der Waals surface area contributed by atoms with Crippen LogP contribution in [0.1, 0.15) is 5.56 Å². The van der Waals surface area contributed by atoms with Gasteiger partial charge in [0.25, 0.3) is 0 Å². The Morgan fingerprint density at radius 1 is 1.33 bits per heavy atom. The average molecular weight is 303 g/mol. The lowest BCUT2D eigenvalue weighted by Gasteiger charge is -2.32. The minimum absolute atomic E-state index is 0.0547. The zero-order valence-electron chi connectivity index (χ0n) is 10.7. The van der Waals surface area contributed by atoms with Crippen molar-refractivity contribution in [2.45, 2.75) is 24.4 Å². The lowest BCUT2D eigenvalue weighted by molar-refractivity contribution is -0.137. The number of carboxylic acid groups (broad SMARTS) is 1. The molecule has 3 rings (SSSR count). The van der Waals surface area contributed by atoms with E-state index >= 15 is 0 Å². The Balaban J connectivity index is 1.86. The molecule has 2 saturated heterocycles. The molecule has 2 bridgehead atoms. The predicted molar refractivity (Wildman–Crippen MR) is 64.9 cm³/mol. The molecule has 9 heteroatoms. The van der Waals surface area contributed by atoms with E-state index in [4.69, 9.17) is 5.11 Å². The first-order valence-corrected chi connectivity index (χ1v) is 6.26. The number of hydrogen-bond donors (Lipinski definition) is 2. The molecule has 1 aromatic heterocycles. The molecule has 114 valence electrons. The lowest BCUT2D eigenvalue weighted by atomic mass is 10.2. The minimum Gasteiger partial charge on any atom is -0.465 e. The van der Waals surface area contributed by atoms with Gasteiger partial charge >= 0.3 is 12.3 Å². The van der Waals surface area contributed by atoms with Crippen molar-refractivity contribution in [2.24, 2.45) is 0 Å². The van der Waals surface area contributed by atoms with Crippen LogP contribution >= 0.6 is 0 Å². The molecule has 3 unspecified atom stereocenters. The molecule has 0 spiro atoms. The standard InChI is InChI=1S/C12H12F3N3O3/c13-12(14,15)6-1-2-16-9(3-6)17-4-8-10(19)7(17)5-18(8)11(20)21/h1-3,7-8,10,19H,4-5H2,(H,20,21). The average Bonchev–Trinajstić information content (AvgIpc) is 2.91. The van der Waals surface area contributed by atoms with Gasteiger partial charge in [-0.05, 0) is 12.1 Å². The molecule has 0 radical (unpaired) electrons. The van der Waals surface area contributed by atoms with Crippen LogP contribution in [0.25, 0.3) is 0 Å². The van der Waals surface area contributed by atoms with Gasteiger partial charge in [0.15, 0.2) is 0 Å². The van der Waals surface area contributed by atoms with Gasteiger partial charge in [-0.2, -0.15) is 13.2 Å². The second-order valence-electron chi connectivity index (χ2n) is 5.11. The van der Waals surface area contributed by atoms with Gasteiger partial charge in [0, 0.05) is 19.3 Å². The first kappa shape index (κ1) is 13.9. The molecule has 2 aliphatic rings. The second-order valence-corrected chi connectivity index (χ2v) is 5.11. The number of amides is 1. The highest BCUT2D eigenvalue weighted by Crippen LogP contribution is 2.36. The van der Waals surface area contributed by atoms with E-state index in [1.165, 1.54) is 4.90 Å². The summed E-state index contributed by atoms with van der Waals surface area (Å²) in [5, 5.41) is 19.0. The van der Waals surface area contributed by atoms with E-state index in [-0.39, 0.29) is 18.9 Å². The van der Waals surface area contributed by atoms with Crippen molar-refractivity contribution in [1.29, 1.82) is 0 Å². The van der Waals surface area contributed by atoms with Crippen molar-refractivity contribution in [2.75, 3.05) is 18.0 Å². The summed E-state index contributed by atoms with van der Waals surface area (Å²) in [6.07, 6.45) is -5.47. The summed E-state index contributed by atoms with van der Waals surface area (Å²) in [6, 6.07) is 0.585. The van der Waals surface area contributed by atoms with E-state index < -0.39 is 36.0 Å². The van der Waals surface area contributed by atoms with Gasteiger partial charge in [-0.3, -0.25) is 4.90 Å². The third-order valence-electron chi connectivity index (χ3n) is 3.97. The zero-order chi connectivity index (χ0) is 15.4. The van der Waals surface area contributed by atoms with Gasteiger partial charge in [0.2, 0.25) is 0 Å². The Morgan fingerprint density at radius 2 is 2.05 bits per heavy atom. The van der Waals surface area contributed by atoms with Crippen LogP contribution in [-0.4, -0.2) is 57.5 Å². The van der Waals surface area contributed by atoms with Gasteiger partial charge in [-0.25, -0.2) is 9.78 Å². The van der Waals surface area contributed by atoms with Gasteiger partial charge in [-0.1, -0.05) is 0 Å². The first-order valence-electron chi connectivity index (χ1n) is 6.26. The first-order chi connectivity index (χ1) is 9.79. The van der Waals surface area contributed by atoms with Gasteiger partial charge in [0.1, 0.15) is 5.82 Å². The fourth-order valence-corrected chi connectivity index (χ4v) is 2.95. The highest BCUT2D eigenvalue weighted by molar-refractivity contribution is 5.68. The molecule has 3 atom stereocenters. The molecule has 2 fully saturated rings. The number of alkyl halides is 3. The van der Waals surface area contributed by atoms with E-state index in [2.05, 4.69) is 4.98 Å². The van der Waals surface area contributed by atoms with Crippen LogP contribution in [0.4, 0.5) is 23.8 Å². The number of pyridine rings is 1. The van der Waals surface area contributed by atoms with Crippen molar-refractivity contribution in [1.82, 2.24) is 9.88 Å². The van der Waals surface area contributed by atoms with Crippen molar-refractivity contribution >= 4 is 11.9 Å². The van der Waals surface area contributed by atoms with Crippen molar-refractivity contribution < 1.29 is 28.2 Å². The summed E-state index contributed by atoms with van der Waals surface area (Å²) in [6.45, 7) is 0.186. The van der Waals surface area contributed by atoms with Crippen LogP contribution < -0.4 is 4.90 Å². The number of nitrogens with zero attached hydrogens (tertiary/aromatic N) is 3. The number of aromatic nitrogens is 1. The monoisotopic (exact) mass is 303 g/mol. The predicted octanol–water partition coefficient (Wildman–Crippen LogP) is 1.01. The number of likely N-dealkylation sites (tertiary alicyclic amines) is 1. The Kier molecular flexibility index (Phi) is 2.97. The quantitative estimate of drug-likeness (QED) is 0.810. The number of hydrogen-bond acceptors (Lipinski definition) is 4. The molecule has 0 aromatic carbocycles. The number of anilines is 1. The Hall–Kier alpha value is -2.03. The topological polar surface area (TPSA) is 76.9 Å². The van der Waals surface area contributed by atoms with E-state index in [0.717, 1.165) is 23.2 Å². The molecule has 21 heavy (non-hydrogen) atoms. The molecule has 6 nitrogen and oxygen atoms in total. The van der Waals surface area contributed by atoms with Crippen LogP contribution in [0.3, 0.4) is 0 Å². The fourth-order valence-electron chi connectivity index (χ4n) is 2.95. The molecule has 2 aliphatic heterocycles. The van der Waals surface area contributed by atoms with Gasteiger partial charge < -0.3 is 15.1 Å². The fraction of sp³-hybridized carbons (Fsp3) is 0.500. The summed E-state index contributed by atoms with van der Waals surface area (Å²) in [4.78, 5) is 17.5. The maximum absolute atomic E-state index is 12.7. The molecule has 0 aliphatic carbocycles. The maximum Gasteiger partial charge on any atom is 0.416 e. The third kappa shape index (κ3) is 2.17. The Bertz CT molecular complexity index is 580. The number of aliphatic hydroxyl groups is 1. The van der Waals surface area contributed by atoms with E-state index in [9.17, 15) is 23.1 Å². The molecule has 1 amide bonds. The largest absolute Gasteiger partial charge is 0.465 e. The molecule has 1 aromatic rings. The molecular formula is C12H12F3N3O3. The van der Waals surface area contributed by atoms with Crippen molar-refractivity contribution in [3.05, 3.63) is 23.9 Å². The minimum atomic E-state index is -4.47. The zero-order valence-corrected chi connectivity index (χ0v) is 10.7. The van der Waals surface area contributed by atoms with Crippen LogP contribution in [0.5, 0.6) is 0 Å². The molecule has 0 saturated carbocycles. The summed E-state index contributed by atoms with van der Waals surface area (Å²) in [5.74, 6) is 0.0985. The number of rotatable bonds is 1. The van der Waals surface area contributed by atoms with Gasteiger partial charge in [0.05, 0.1) is 23.8 Å². The number of carbonyl (C=O) groups is 1. The van der Waals surface area contributed by atoms with Crippen LogP contribution in [-0.2, 0) is 6.18 Å². The molecule has 3 heterocycles. The van der Waals surface area contributed by atoms with Crippen molar-refractivity contribution in [3.8, 4) is 0 Å². The molecular weight excluding hydrogens is 291 g/mol. The van der Waals surface area contributed by atoms with E-state index in [0.29, 0.717) is 0 Å². The van der Waals surface area contributed by atoms with Crippen LogP contribution in [0.2, 0.25) is 0 Å². The van der Waals surface area contributed by atoms with E-state index in [1.54, 1.807) is 0 Å². The second kappa shape index (κ2) is 4.48. The number of halogens is 3. The molecule has 2 N–H and O–H groups in total. The number of piperazine rings is 1. The van der Waals surface area contributed by atoms with E-state index in [1.807, 2.05) is 0 Å². The summed E-state index contributed by atoms with van der Waals surface area (Å²) in [7, 11) is 0. The van der Waals surface area contributed by atoms with Crippen LogP contribution in [0.15, 0.2) is 18.3 Å². The third-order valence-corrected chi connectivity index (χ3v) is 3.97. The smallest absolute Gasteiger partial charge is 0.416 e. The highest BCUT2D eigenvalue weighted by Gasteiger charge is 2.53. The summed E-state index contributed by atoms with van der Waals surface area (Å²) >= 11 is 0. The van der Waals surface area contributed by atoms with Crippen LogP contribution in [0, 0.1) is 0 Å². The normalized spacial score (nSPS) is 28.3. The number of fused-ring (bicyclic) bond motifs is 2. The Labute approximate surface area is 117 Å². The number of aliphatic hydroxyl groups excluding tert-OH is 1. The maximum atomic E-state index is 12.7. The van der Waals surface area contributed by atoms with Crippen molar-refractivity contribution in [3.63, 3.8) is 0 Å². The van der Waals surface area contributed by atoms with Gasteiger partial charge in [-0.15, -0.1) is 0 Å². The summed E-state index contributed by atoms with van der Waals surface area (Å²) in [5.41, 5.74) is -0.820. The highest BCUT2D eigenvalue weighted by atomic mass is 19.4. The summed E-state index contributed by atoms with van der Waals surface area (Å²) < 4.78 is 38.1.